The van der Waals surface area contributed by atoms with Crippen LogP contribution in [0.4, 0.5) is 0 Å². The normalized spacial score (nSPS) is 23.6. The Labute approximate surface area is 131 Å². The van der Waals surface area contributed by atoms with Crippen molar-refractivity contribution in [3.05, 3.63) is 29.8 Å². The maximum atomic E-state index is 6.18. The van der Waals surface area contributed by atoms with Gasteiger partial charge < -0.3 is 9.47 Å². The Hall–Kier alpha value is -1.17. The molecule has 1 aromatic carbocycles. The summed E-state index contributed by atoms with van der Waals surface area (Å²) < 4.78 is 12.2. The van der Waals surface area contributed by atoms with Crippen molar-refractivity contribution >= 4 is 11.6 Å². The molecular weight excluding hydrogens is 284 g/mol. The Balaban J connectivity index is 1.65. The summed E-state index contributed by atoms with van der Waals surface area (Å²) in [6, 6.07) is 7.96. The second-order valence-electron chi connectivity index (χ2n) is 5.93. The average molecular weight is 305 g/mol. The largest absolute Gasteiger partial charge is 0.490 e. The van der Waals surface area contributed by atoms with Gasteiger partial charge in [0.1, 0.15) is 11.9 Å². The third-order valence-corrected chi connectivity index (χ3v) is 4.53. The van der Waals surface area contributed by atoms with E-state index in [0.29, 0.717) is 5.88 Å². The molecule has 1 saturated carbocycles. The third kappa shape index (κ3) is 3.73. The molecule has 1 aromatic rings. The maximum Gasteiger partial charge on any atom is 0.120 e. The van der Waals surface area contributed by atoms with Crippen LogP contribution in [0.2, 0.25) is 0 Å². The molecule has 1 spiro atoms. The molecule has 0 amide bonds. The van der Waals surface area contributed by atoms with Crippen LogP contribution >= 0.6 is 11.6 Å². The summed E-state index contributed by atoms with van der Waals surface area (Å²) >= 11 is 5.60. The van der Waals surface area contributed by atoms with E-state index in [1.165, 1.54) is 25.7 Å². The van der Waals surface area contributed by atoms with Crippen molar-refractivity contribution in [3.8, 4) is 17.6 Å². The number of hydrogen-bond donors (Lipinski definition) is 0. The first-order chi connectivity index (χ1) is 10.3. The minimum absolute atomic E-state index is 0.0962. The summed E-state index contributed by atoms with van der Waals surface area (Å²) in [7, 11) is 0. The van der Waals surface area contributed by atoms with Crippen molar-refractivity contribution in [2.45, 2.75) is 50.2 Å². The second-order valence-corrected chi connectivity index (χ2v) is 6.20. The van der Waals surface area contributed by atoms with Gasteiger partial charge in [-0.2, -0.15) is 0 Å². The molecule has 2 aliphatic rings. The number of benzene rings is 1. The topological polar surface area (TPSA) is 18.5 Å². The molecule has 1 unspecified atom stereocenters. The van der Waals surface area contributed by atoms with E-state index in [-0.39, 0.29) is 11.7 Å². The van der Waals surface area contributed by atoms with Crippen LogP contribution in [0.25, 0.3) is 0 Å². The van der Waals surface area contributed by atoms with E-state index in [0.717, 1.165) is 30.8 Å². The highest BCUT2D eigenvalue weighted by atomic mass is 35.5. The van der Waals surface area contributed by atoms with E-state index in [2.05, 4.69) is 11.8 Å². The van der Waals surface area contributed by atoms with Gasteiger partial charge in [0.25, 0.3) is 0 Å². The zero-order chi connectivity index (χ0) is 14.5. The van der Waals surface area contributed by atoms with Gasteiger partial charge in [0, 0.05) is 18.4 Å². The molecule has 112 valence electrons. The number of alkyl halides is 1. The summed E-state index contributed by atoms with van der Waals surface area (Å²) in [5.74, 6) is 7.16. The smallest absolute Gasteiger partial charge is 0.120 e. The summed E-state index contributed by atoms with van der Waals surface area (Å²) in [6.07, 6.45) is 7.20. The molecule has 0 aromatic heterocycles. The maximum absolute atomic E-state index is 6.18. The van der Waals surface area contributed by atoms with E-state index in [4.69, 9.17) is 21.1 Å². The predicted octanol–water partition coefficient (Wildman–Crippen LogP) is 4.15. The van der Waals surface area contributed by atoms with Crippen molar-refractivity contribution in [3.63, 3.8) is 0 Å². The number of hydrogen-bond acceptors (Lipinski definition) is 2. The van der Waals surface area contributed by atoms with Crippen LogP contribution in [0.15, 0.2) is 24.3 Å². The lowest BCUT2D eigenvalue weighted by Gasteiger charge is -2.38. The van der Waals surface area contributed by atoms with E-state index in [1.54, 1.807) is 0 Å². The first-order valence-electron chi connectivity index (χ1n) is 7.75. The third-order valence-electron chi connectivity index (χ3n) is 4.40. The minimum Gasteiger partial charge on any atom is -0.490 e. The van der Waals surface area contributed by atoms with Gasteiger partial charge in [0.05, 0.1) is 18.1 Å². The van der Waals surface area contributed by atoms with Gasteiger partial charge in [-0.05, 0) is 31.0 Å². The Bertz CT molecular complexity index is 538. The zero-order valence-electron chi connectivity index (χ0n) is 12.2. The molecule has 1 saturated heterocycles. The van der Waals surface area contributed by atoms with Gasteiger partial charge in [0.15, 0.2) is 0 Å². The molecule has 1 aliphatic carbocycles. The summed E-state index contributed by atoms with van der Waals surface area (Å²) in [5.41, 5.74) is 1.05. The molecule has 1 aliphatic heterocycles. The van der Waals surface area contributed by atoms with Crippen LogP contribution in [0.5, 0.6) is 5.75 Å². The Morgan fingerprint density at radius 1 is 1.33 bits per heavy atom. The van der Waals surface area contributed by atoms with E-state index < -0.39 is 0 Å². The van der Waals surface area contributed by atoms with Crippen LogP contribution in [0.3, 0.4) is 0 Å². The minimum atomic E-state index is 0.0962. The van der Waals surface area contributed by atoms with Gasteiger partial charge in [-0.1, -0.05) is 30.7 Å². The second kappa shape index (κ2) is 6.73. The molecule has 0 N–H and O–H groups in total. The fraction of sp³-hybridized carbons (Fsp3) is 0.556. The highest BCUT2D eigenvalue weighted by molar-refractivity contribution is 6.19. The Kier molecular flexibility index (Phi) is 4.73. The molecule has 21 heavy (non-hydrogen) atoms. The van der Waals surface area contributed by atoms with Gasteiger partial charge in [-0.25, -0.2) is 0 Å². The van der Waals surface area contributed by atoms with E-state index in [9.17, 15) is 0 Å². The van der Waals surface area contributed by atoms with Crippen molar-refractivity contribution in [2.75, 3.05) is 12.5 Å². The molecule has 2 nitrogen and oxygen atoms in total. The standard InChI is InChI=1S/C18H21ClO2/c19-11-4-6-15-5-3-7-16(13-15)21-17-8-12-20-18(14-17)9-1-2-10-18/h3,5,7,13,17H,1-2,8-12,14H2. The molecule has 0 bridgehead atoms. The van der Waals surface area contributed by atoms with Crippen LogP contribution < -0.4 is 4.74 Å². The highest BCUT2D eigenvalue weighted by Gasteiger charge is 2.40. The monoisotopic (exact) mass is 304 g/mol. The van der Waals surface area contributed by atoms with E-state index >= 15 is 0 Å². The molecule has 3 heteroatoms. The first kappa shape index (κ1) is 14.8. The molecular formula is C18H21ClO2. The lowest BCUT2D eigenvalue weighted by Crippen LogP contribution is -2.41. The van der Waals surface area contributed by atoms with Crippen molar-refractivity contribution in [2.24, 2.45) is 0 Å². The van der Waals surface area contributed by atoms with Crippen LogP contribution in [-0.2, 0) is 4.74 Å². The number of ether oxygens (including phenoxy) is 2. The van der Waals surface area contributed by atoms with Crippen LogP contribution in [-0.4, -0.2) is 24.2 Å². The van der Waals surface area contributed by atoms with Crippen LogP contribution in [0.1, 0.15) is 44.1 Å². The lowest BCUT2D eigenvalue weighted by molar-refractivity contribution is -0.108. The summed E-state index contributed by atoms with van der Waals surface area (Å²) in [4.78, 5) is 0. The van der Waals surface area contributed by atoms with Crippen molar-refractivity contribution in [1.82, 2.24) is 0 Å². The number of rotatable bonds is 2. The molecule has 1 heterocycles. The Morgan fingerprint density at radius 2 is 2.19 bits per heavy atom. The van der Waals surface area contributed by atoms with Gasteiger partial charge in [-0.3, -0.25) is 0 Å². The van der Waals surface area contributed by atoms with Crippen molar-refractivity contribution < 1.29 is 9.47 Å². The Morgan fingerprint density at radius 3 is 3.00 bits per heavy atom. The predicted molar refractivity (Wildman–Crippen MR) is 84.8 cm³/mol. The number of halogens is 1. The van der Waals surface area contributed by atoms with Gasteiger partial charge in [-0.15, -0.1) is 11.6 Å². The highest BCUT2D eigenvalue weighted by Crippen LogP contribution is 2.40. The van der Waals surface area contributed by atoms with Gasteiger partial charge in [0.2, 0.25) is 0 Å². The molecule has 2 fully saturated rings. The average Bonchev–Trinajstić information content (AvgIpc) is 2.93. The van der Waals surface area contributed by atoms with E-state index in [1.807, 2.05) is 24.3 Å². The fourth-order valence-electron chi connectivity index (χ4n) is 3.43. The lowest BCUT2D eigenvalue weighted by atomic mass is 9.90. The first-order valence-corrected chi connectivity index (χ1v) is 8.29. The zero-order valence-corrected chi connectivity index (χ0v) is 13.0. The summed E-state index contributed by atoms with van der Waals surface area (Å²) in [5, 5.41) is 0. The molecule has 1 atom stereocenters. The quantitative estimate of drug-likeness (QED) is 0.604. The summed E-state index contributed by atoms with van der Waals surface area (Å²) in [6.45, 7) is 0.816. The van der Waals surface area contributed by atoms with Crippen LogP contribution in [0, 0.1) is 11.8 Å². The molecule has 3 rings (SSSR count). The SMILES string of the molecule is ClCC#Cc1cccc(OC2CCOC3(CCCC3)C2)c1. The fourth-order valence-corrected chi connectivity index (χ4v) is 3.49. The van der Waals surface area contributed by atoms with Gasteiger partial charge >= 0.3 is 0 Å². The van der Waals surface area contributed by atoms with Crippen molar-refractivity contribution in [1.29, 1.82) is 0 Å². The molecule has 0 radical (unpaired) electrons.